The molecule has 0 saturated carbocycles. The molecule has 0 bridgehead atoms. The highest BCUT2D eigenvalue weighted by atomic mass is 35.5. The smallest absolute Gasteiger partial charge is 0.129 e. The summed E-state index contributed by atoms with van der Waals surface area (Å²) >= 11 is 5.98. The molecular formula is C15H22ClN3. The monoisotopic (exact) mass is 279 g/mol. The maximum absolute atomic E-state index is 5.98. The number of fused-ring (bicyclic) bond motifs is 1. The summed E-state index contributed by atoms with van der Waals surface area (Å²) in [6, 6.07) is 4.96. The van der Waals surface area contributed by atoms with Gasteiger partial charge in [0.25, 0.3) is 0 Å². The van der Waals surface area contributed by atoms with Gasteiger partial charge in [0.1, 0.15) is 5.82 Å². The van der Waals surface area contributed by atoms with E-state index in [0.717, 1.165) is 30.6 Å². The van der Waals surface area contributed by atoms with E-state index in [1.807, 2.05) is 0 Å². The van der Waals surface area contributed by atoms with Gasteiger partial charge in [0.2, 0.25) is 0 Å². The molecule has 3 heterocycles. The van der Waals surface area contributed by atoms with Crippen molar-refractivity contribution in [3.63, 3.8) is 0 Å². The van der Waals surface area contributed by atoms with Crippen LogP contribution in [0.1, 0.15) is 30.5 Å². The molecule has 0 amide bonds. The number of aryl methyl sites for hydroxylation is 1. The van der Waals surface area contributed by atoms with Crippen molar-refractivity contribution < 1.29 is 0 Å². The summed E-state index contributed by atoms with van der Waals surface area (Å²) in [5.74, 6) is 1.68. The minimum atomic E-state index is 0.569. The van der Waals surface area contributed by atoms with Crippen LogP contribution < -0.4 is 4.90 Å². The van der Waals surface area contributed by atoms with Gasteiger partial charge < -0.3 is 4.90 Å². The van der Waals surface area contributed by atoms with E-state index >= 15 is 0 Å². The minimum absolute atomic E-state index is 0.569. The summed E-state index contributed by atoms with van der Waals surface area (Å²) in [6.07, 6.45) is 3.93. The molecular weight excluding hydrogens is 258 g/mol. The summed E-state index contributed by atoms with van der Waals surface area (Å²) in [6.45, 7) is 6.82. The normalized spacial score (nSPS) is 24.3. The summed E-state index contributed by atoms with van der Waals surface area (Å²) in [5, 5.41) is 0. The summed E-state index contributed by atoms with van der Waals surface area (Å²) in [5.41, 5.74) is 2.25. The summed E-state index contributed by atoms with van der Waals surface area (Å²) in [4.78, 5) is 9.82. The predicted molar refractivity (Wildman–Crippen MR) is 80.0 cm³/mol. The zero-order valence-corrected chi connectivity index (χ0v) is 12.4. The van der Waals surface area contributed by atoms with Crippen LogP contribution in [0.15, 0.2) is 12.1 Å². The average molecular weight is 280 g/mol. The SMILES string of the molecule is Cc1cc(CCl)cc(N2CCCN3CCCC3C2)n1. The van der Waals surface area contributed by atoms with Crippen LogP contribution in [0, 0.1) is 6.92 Å². The molecule has 0 aliphatic carbocycles. The molecule has 0 N–H and O–H groups in total. The molecule has 2 aliphatic rings. The minimum Gasteiger partial charge on any atom is -0.355 e. The fraction of sp³-hybridized carbons (Fsp3) is 0.667. The van der Waals surface area contributed by atoms with Gasteiger partial charge in [-0.2, -0.15) is 0 Å². The third-order valence-corrected chi connectivity index (χ3v) is 4.59. The average Bonchev–Trinajstić information content (AvgIpc) is 2.75. The molecule has 0 spiro atoms. The van der Waals surface area contributed by atoms with Gasteiger partial charge in [0, 0.05) is 37.3 Å². The maximum Gasteiger partial charge on any atom is 0.129 e. The van der Waals surface area contributed by atoms with E-state index in [-0.39, 0.29) is 0 Å². The van der Waals surface area contributed by atoms with Crippen LogP contribution in [0.2, 0.25) is 0 Å². The fourth-order valence-corrected chi connectivity index (χ4v) is 3.53. The second kappa shape index (κ2) is 5.68. The van der Waals surface area contributed by atoms with Crippen molar-refractivity contribution in [2.75, 3.05) is 31.1 Å². The van der Waals surface area contributed by atoms with Gasteiger partial charge in [-0.1, -0.05) is 0 Å². The standard InChI is InChI=1S/C15H22ClN3/c1-12-8-13(10-16)9-15(17-12)19-7-3-6-18-5-2-4-14(18)11-19/h8-9,14H,2-7,10-11H2,1H3. The number of nitrogens with zero attached hydrogens (tertiary/aromatic N) is 3. The van der Waals surface area contributed by atoms with Crippen molar-refractivity contribution in [3.05, 3.63) is 23.4 Å². The van der Waals surface area contributed by atoms with Gasteiger partial charge in [0.05, 0.1) is 0 Å². The molecule has 3 rings (SSSR count). The number of alkyl halides is 1. The van der Waals surface area contributed by atoms with Crippen LogP contribution in [-0.2, 0) is 5.88 Å². The molecule has 1 aromatic heterocycles. The largest absolute Gasteiger partial charge is 0.355 e. The Labute approximate surface area is 120 Å². The number of halogens is 1. The first-order chi connectivity index (χ1) is 9.26. The molecule has 1 aromatic rings. The van der Waals surface area contributed by atoms with E-state index in [9.17, 15) is 0 Å². The van der Waals surface area contributed by atoms with E-state index in [1.165, 1.54) is 37.9 Å². The Morgan fingerprint density at radius 2 is 2.11 bits per heavy atom. The highest BCUT2D eigenvalue weighted by Gasteiger charge is 2.29. The third kappa shape index (κ3) is 2.87. The van der Waals surface area contributed by atoms with Crippen LogP contribution in [0.3, 0.4) is 0 Å². The Morgan fingerprint density at radius 1 is 1.26 bits per heavy atom. The van der Waals surface area contributed by atoms with Crippen LogP contribution >= 0.6 is 11.6 Å². The Kier molecular flexibility index (Phi) is 3.94. The van der Waals surface area contributed by atoms with Gasteiger partial charge in [0.15, 0.2) is 0 Å². The number of rotatable bonds is 2. The second-order valence-electron chi connectivity index (χ2n) is 5.74. The van der Waals surface area contributed by atoms with E-state index in [0.29, 0.717) is 5.88 Å². The number of aromatic nitrogens is 1. The first-order valence-electron chi connectivity index (χ1n) is 7.29. The Bertz CT molecular complexity index is 449. The van der Waals surface area contributed by atoms with Gasteiger partial charge in [-0.05, 0) is 50.4 Å². The first-order valence-corrected chi connectivity index (χ1v) is 7.82. The van der Waals surface area contributed by atoms with Crippen molar-refractivity contribution in [2.45, 2.75) is 38.1 Å². The molecule has 1 atom stereocenters. The number of anilines is 1. The first kappa shape index (κ1) is 13.2. The zero-order chi connectivity index (χ0) is 13.2. The molecule has 3 nitrogen and oxygen atoms in total. The fourth-order valence-electron chi connectivity index (χ4n) is 3.37. The second-order valence-corrected chi connectivity index (χ2v) is 6.01. The molecule has 2 aliphatic heterocycles. The van der Waals surface area contributed by atoms with E-state index in [4.69, 9.17) is 16.6 Å². The van der Waals surface area contributed by atoms with Gasteiger partial charge in [-0.25, -0.2) is 4.98 Å². The number of hydrogen-bond acceptors (Lipinski definition) is 3. The van der Waals surface area contributed by atoms with Crippen molar-refractivity contribution in [1.29, 1.82) is 0 Å². The molecule has 0 radical (unpaired) electrons. The lowest BCUT2D eigenvalue weighted by Crippen LogP contribution is -2.37. The molecule has 4 heteroatoms. The Balaban J connectivity index is 1.82. The van der Waals surface area contributed by atoms with Crippen molar-refractivity contribution >= 4 is 17.4 Å². The molecule has 104 valence electrons. The van der Waals surface area contributed by atoms with Crippen molar-refractivity contribution in [2.24, 2.45) is 0 Å². The van der Waals surface area contributed by atoms with Crippen LogP contribution in [0.25, 0.3) is 0 Å². The van der Waals surface area contributed by atoms with Crippen LogP contribution in [0.4, 0.5) is 5.82 Å². The van der Waals surface area contributed by atoms with E-state index in [2.05, 4.69) is 28.9 Å². The predicted octanol–water partition coefficient (Wildman–Crippen LogP) is 2.80. The highest BCUT2D eigenvalue weighted by molar-refractivity contribution is 6.17. The summed E-state index contributed by atoms with van der Waals surface area (Å²) in [7, 11) is 0. The van der Waals surface area contributed by atoms with Gasteiger partial charge in [-0.3, -0.25) is 4.90 Å². The summed E-state index contributed by atoms with van der Waals surface area (Å²) < 4.78 is 0. The number of pyridine rings is 1. The molecule has 1 unspecified atom stereocenters. The lowest BCUT2D eigenvalue weighted by atomic mass is 10.2. The zero-order valence-electron chi connectivity index (χ0n) is 11.6. The Morgan fingerprint density at radius 3 is 2.95 bits per heavy atom. The lowest BCUT2D eigenvalue weighted by Gasteiger charge is -2.27. The quantitative estimate of drug-likeness (QED) is 0.776. The van der Waals surface area contributed by atoms with Crippen molar-refractivity contribution in [1.82, 2.24) is 9.88 Å². The molecule has 2 saturated heterocycles. The van der Waals surface area contributed by atoms with Crippen LogP contribution in [0.5, 0.6) is 0 Å². The maximum atomic E-state index is 5.98. The highest BCUT2D eigenvalue weighted by Crippen LogP contribution is 2.25. The van der Waals surface area contributed by atoms with Crippen molar-refractivity contribution in [3.8, 4) is 0 Å². The third-order valence-electron chi connectivity index (χ3n) is 4.28. The van der Waals surface area contributed by atoms with Crippen LogP contribution in [-0.4, -0.2) is 42.1 Å². The lowest BCUT2D eigenvalue weighted by molar-refractivity contribution is 0.273. The topological polar surface area (TPSA) is 19.4 Å². The number of hydrogen-bond donors (Lipinski definition) is 0. The van der Waals surface area contributed by atoms with E-state index < -0.39 is 0 Å². The molecule has 2 fully saturated rings. The Hall–Kier alpha value is -0.800. The van der Waals surface area contributed by atoms with Gasteiger partial charge in [-0.15, -0.1) is 11.6 Å². The van der Waals surface area contributed by atoms with Gasteiger partial charge >= 0.3 is 0 Å². The molecule has 0 aromatic carbocycles. The van der Waals surface area contributed by atoms with E-state index in [1.54, 1.807) is 0 Å². The molecule has 19 heavy (non-hydrogen) atoms.